The normalized spacial score (nSPS) is 20.0. The predicted octanol–water partition coefficient (Wildman–Crippen LogP) is 4.38. The third-order valence-corrected chi connectivity index (χ3v) is 6.17. The molecule has 1 aliphatic carbocycles. The summed E-state index contributed by atoms with van der Waals surface area (Å²) in [5.74, 6) is 2.63. The number of nitrogens with zero attached hydrogens (tertiary/aromatic N) is 2. The summed E-state index contributed by atoms with van der Waals surface area (Å²) in [6, 6.07) is 7.80. The van der Waals surface area contributed by atoms with Crippen LogP contribution in [0.15, 0.2) is 40.7 Å². The van der Waals surface area contributed by atoms with Crippen LogP contribution in [0.2, 0.25) is 0 Å². The summed E-state index contributed by atoms with van der Waals surface area (Å²) in [5.41, 5.74) is 9.82. The number of hydrogen-bond acceptors (Lipinski definition) is 7. The molecule has 2 aromatic rings. The minimum atomic E-state index is -0.281. The number of fused-ring (bicyclic) bond motifs is 1. The zero-order valence-electron chi connectivity index (χ0n) is 17.2. The van der Waals surface area contributed by atoms with Crippen molar-refractivity contribution in [3.63, 3.8) is 0 Å². The van der Waals surface area contributed by atoms with Gasteiger partial charge < -0.3 is 15.8 Å². The van der Waals surface area contributed by atoms with Gasteiger partial charge in [-0.1, -0.05) is 44.7 Å². The third-order valence-electron chi connectivity index (χ3n) is 5.44. The number of allylic oxidation sites excluding steroid dienone is 2. The van der Waals surface area contributed by atoms with E-state index in [4.69, 9.17) is 15.5 Å². The molecule has 0 saturated carbocycles. The zero-order chi connectivity index (χ0) is 20.8. The van der Waals surface area contributed by atoms with E-state index in [9.17, 15) is 4.79 Å². The maximum absolute atomic E-state index is 13.2. The van der Waals surface area contributed by atoms with Crippen LogP contribution in [0.25, 0.3) is 0 Å². The van der Waals surface area contributed by atoms with Crippen LogP contribution in [0.1, 0.15) is 50.7 Å². The Kier molecular flexibility index (Phi) is 5.02. The van der Waals surface area contributed by atoms with Crippen LogP contribution < -0.4 is 15.8 Å². The number of carbonyl (C=O) groups excluding carboxylic acids is 1. The van der Waals surface area contributed by atoms with Crippen molar-refractivity contribution in [2.75, 3.05) is 23.9 Å². The highest BCUT2D eigenvalue weighted by Crippen LogP contribution is 2.50. The van der Waals surface area contributed by atoms with Gasteiger partial charge in [0.2, 0.25) is 0 Å². The monoisotopic (exact) mass is 410 g/mol. The molecular weight excluding hydrogens is 384 g/mol. The molecule has 2 aliphatic rings. The van der Waals surface area contributed by atoms with Gasteiger partial charge in [0.05, 0.1) is 7.11 Å². The van der Waals surface area contributed by atoms with Crippen molar-refractivity contribution in [1.82, 2.24) is 9.97 Å². The van der Waals surface area contributed by atoms with Crippen LogP contribution in [0.4, 0.5) is 11.6 Å². The average Bonchev–Trinajstić information content (AvgIpc) is 2.65. The van der Waals surface area contributed by atoms with Gasteiger partial charge in [0, 0.05) is 29.2 Å². The molecule has 0 spiro atoms. The molecule has 1 aromatic heterocycles. The lowest BCUT2D eigenvalue weighted by Gasteiger charge is -2.39. The highest BCUT2D eigenvalue weighted by atomic mass is 32.2. The van der Waals surface area contributed by atoms with Gasteiger partial charge in [-0.2, -0.15) is 0 Å². The number of ether oxygens (including phenoxy) is 1. The van der Waals surface area contributed by atoms with Crippen LogP contribution in [0, 0.1) is 5.41 Å². The number of rotatable bonds is 4. The molecule has 0 radical (unpaired) electrons. The molecule has 1 aliphatic heterocycles. The summed E-state index contributed by atoms with van der Waals surface area (Å²) in [5, 5.41) is 4.08. The van der Waals surface area contributed by atoms with Crippen LogP contribution in [0.3, 0.4) is 0 Å². The number of benzene rings is 1. The van der Waals surface area contributed by atoms with Crippen molar-refractivity contribution < 1.29 is 9.53 Å². The first-order valence-electron chi connectivity index (χ1n) is 9.80. The number of methoxy groups -OCH3 is 1. The van der Waals surface area contributed by atoms with E-state index in [0.29, 0.717) is 23.2 Å². The molecular formula is C22H26N4O2S. The Bertz CT molecular complexity index is 999. The summed E-state index contributed by atoms with van der Waals surface area (Å²) >= 11 is 1.55. The fourth-order valence-electron chi connectivity index (χ4n) is 4.24. The number of carbonyl (C=O) groups is 1. The van der Waals surface area contributed by atoms with Crippen molar-refractivity contribution in [2.24, 2.45) is 5.41 Å². The molecule has 0 saturated heterocycles. The van der Waals surface area contributed by atoms with E-state index in [-0.39, 0.29) is 17.1 Å². The topological polar surface area (TPSA) is 90.1 Å². The summed E-state index contributed by atoms with van der Waals surface area (Å²) < 4.78 is 5.30. The van der Waals surface area contributed by atoms with Crippen molar-refractivity contribution in [3.8, 4) is 5.75 Å². The minimum absolute atomic E-state index is 0.0928. The first kappa shape index (κ1) is 19.8. The fourth-order valence-corrected chi connectivity index (χ4v) is 4.81. The molecule has 6 nitrogen and oxygen atoms in total. The van der Waals surface area contributed by atoms with E-state index in [1.165, 1.54) is 0 Å². The number of nitrogen functional groups attached to an aromatic ring is 1. The summed E-state index contributed by atoms with van der Waals surface area (Å²) in [7, 11) is 1.64. The summed E-state index contributed by atoms with van der Waals surface area (Å²) in [6.07, 6.45) is 1.31. The van der Waals surface area contributed by atoms with Crippen LogP contribution in [0.5, 0.6) is 5.75 Å². The van der Waals surface area contributed by atoms with Gasteiger partial charge in [-0.3, -0.25) is 4.79 Å². The van der Waals surface area contributed by atoms with E-state index < -0.39 is 0 Å². The molecule has 0 fully saturated rings. The van der Waals surface area contributed by atoms with E-state index in [0.717, 1.165) is 40.3 Å². The first-order valence-corrected chi connectivity index (χ1v) is 10.8. The molecule has 3 N–H and O–H groups in total. The SMILES string of the molecule is CCSc1nc(N)c2c(n1)NC1=C(C(=O)CC(C)(C)C1)C2c1ccc(OC)cc1. The fraction of sp³-hybridized carbons (Fsp3) is 0.409. The van der Waals surface area contributed by atoms with Gasteiger partial charge in [0.25, 0.3) is 0 Å². The van der Waals surface area contributed by atoms with Gasteiger partial charge in [-0.05, 0) is 35.3 Å². The standard InChI is InChI=1S/C22H26N4O2S/c1-5-29-21-25-19(23)18-16(12-6-8-13(28-4)9-7-12)17-14(24-20(18)26-21)10-22(2,3)11-15(17)27/h6-9,16H,5,10-11H2,1-4H3,(H3,23,24,25,26). The van der Waals surface area contributed by atoms with E-state index >= 15 is 0 Å². The quantitative estimate of drug-likeness (QED) is 0.571. The highest BCUT2D eigenvalue weighted by Gasteiger charge is 2.42. The van der Waals surface area contributed by atoms with Crippen LogP contribution in [-0.4, -0.2) is 28.6 Å². The number of hydrogen-bond donors (Lipinski definition) is 2. The lowest BCUT2D eigenvalue weighted by atomic mass is 9.69. The lowest BCUT2D eigenvalue weighted by molar-refractivity contribution is -0.118. The van der Waals surface area contributed by atoms with Gasteiger partial charge in [0.1, 0.15) is 17.4 Å². The second-order valence-corrected chi connectivity index (χ2v) is 9.48. The highest BCUT2D eigenvalue weighted by molar-refractivity contribution is 7.99. The van der Waals surface area contributed by atoms with Crippen molar-refractivity contribution in [2.45, 2.75) is 44.7 Å². The third kappa shape index (κ3) is 3.59. The summed E-state index contributed by atoms with van der Waals surface area (Å²) in [6.45, 7) is 6.31. The Morgan fingerprint density at radius 3 is 2.62 bits per heavy atom. The largest absolute Gasteiger partial charge is 0.497 e. The zero-order valence-corrected chi connectivity index (χ0v) is 18.0. The molecule has 7 heteroatoms. The van der Waals surface area contributed by atoms with E-state index in [2.05, 4.69) is 31.1 Å². The Balaban J connectivity index is 1.91. The predicted molar refractivity (Wildman–Crippen MR) is 116 cm³/mol. The summed E-state index contributed by atoms with van der Waals surface area (Å²) in [4.78, 5) is 22.5. The van der Waals surface area contributed by atoms with E-state index in [1.54, 1.807) is 18.9 Å². The number of thioether (sulfide) groups is 1. The molecule has 29 heavy (non-hydrogen) atoms. The van der Waals surface area contributed by atoms with Gasteiger partial charge in [-0.15, -0.1) is 0 Å². The van der Waals surface area contributed by atoms with Crippen LogP contribution >= 0.6 is 11.8 Å². The molecule has 0 amide bonds. The molecule has 1 atom stereocenters. The van der Waals surface area contributed by atoms with Gasteiger partial charge in [0.15, 0.2) is 10.9 Å². The Morgan fingerprint density at radius 1 is 1.24 bits per heavy atom. The average molecular weight is 411 g/mol. The number of nitrogens with one attached hydrogen (secondary N) is 1. The molecule has 4 rings (SSSR count). The van der Waals surface area contributed by atoms with Crippen molar-refractivity contribution in [3.05, 3.63) is 46.7 Å². The Labute approximate surface area is 175 Å². The number of Topliss-reactive ketones (excluding diaryl/α,β-unsaturated/α-hetero) is 1. The van der Waals surface area contributed by atoms with Gasteiger partial charge >= 0.3 is 0 Å². The molecule has 152 valence electrons. The second kappa shape index (κ2) is 7.37. The Hall–Kier alpha value is -2.54. The molecule has 2 heterocycles. The second-order valence-electron chi connectivity index (χ2n) is 8.25. The lowest BCUT2D eigenvalue weighted by Crippen LogP contribution is -2.34. The molecule has 0 bridgehead atoms. The maximum Gasteiger partial charge on any atom is 0.191 e. The number of nitrogens with two attached hydrogens (primary N) is 1. The first-order chi connectivity index (χ1) is 13.8. The van der Waals surface area contributed by atoms with Crippen LogP contribution in [-0.2, 0) is 4.79 Å². The number of ketones is 1. The molecule has 1 aromatic carbocycles. The number of anilines is 2. The smallest absolute Gasteiger partial charge is 0.191 e. The van der Waals surface area contributed by atoms with Crippen molar-refractivity contribution >= 4 is 29.2 Å². The van der Waals surface area contributed by atoms with Gasteiger partial charge in [-0.25, -0.2) is 9.97 Å². The Morgan fingerprint density at radius 2 is 1.97 bits per heavy atom. The maximum atomic E-state index is 13.2. The molecule has 1 unspecified atom stereocenters. The number of aromatic nitrogens is 2. The minimum Gasteiger partial charge on any atom is -0.497 e. The van der Waals surface area contributed by atoms with Crippen molar-refractivity contribution in [1.29, 1.82) is 0 Å². The van der Waals surface area contributed by atoms with E-state index in [1.807, 2.05) is 24.3 Å².